The summed E-state index contributed by atoms with van der Waals surface area (Å²) in [4.78, 5) is 39.2. The summed E-state index contributed by atoms with van der Waals surface area (Å²) in [6, 6.07) is 9.20. The number of likely N-dealkylation sites (N-methyl/N-ethyl adjacent to an activating group) is 1. The highest BCUT2D eigenvalue weighted by Gasteiger charge is 2.54. The third kappa shape index (κ3) is 3.98. The van der Waals surface area contributed by atoms with Crippen molar-refractivity contribution >= 4 is 17.8 Å². The maximum absolute atomic E-state index is 12.7. The lowest BCUT2D eigenvalue weighted by Gasteiger charge is -2.32. The van der Waals surface area contributed by atoms with Crippen molar-refractivity contribution in [2.45, 2.75) is 31.3 Å². The van der Waals surface area contributed by atoms with Crippen LogP contribution < -0.4 is 4.74 Å². The Balaban J connectivity index is 1.53. The smallest absolute Gasteiger partial charge is 0.306 e. The lowest BCUT2D eigenvalue weighted by atomic mass is 9.97. The summed E-state index contributed by atoms with van der Waals surface area (Å²) in [7, 11) is 1.61. The second kappa shape index (κ2) is 7.35. The molecular weight excluding hydrogens is 336 g/mol. The van der Waals surface area contributed by atoms with Crippen LogP contribution in [0.1, 0.15) is 25.7 Å². The molecule has 2 fully saturated rings. The molecule has 2 aliphatic rings. The van der Waals surface area contributed by atoms with Gasteiger partial charge < -0.3 is 19.6 Å². The predicted octanol–water partition coefficient (Wildman–Crippen LogP) is 1.38. The topological polar surface area (TPSA) is 87.2 Å². The molecule has 1 N–H and O–H groups in total. The molecule has 1 aromatic rings. The van der Waals surface area contributed by atoms with Crippen LogP contribution in [0.3, 0.4) is 0 Å². The first-order valence-corrected chi connectivity index (χ1v) is 8.91. The van der Waals surface area contributed by atoms with Crippen molar-refractivity contribution in [2.75, 3.05) is 26.7 Å². The van der Waals surface area contributed by atoms with Crippen molar-refractivity contribution in [3.63, 3.8) is 0 Å². The minimum Gasteiger partial charge on any atom is -0.481 e. The van der Waals surface area contributed by atoms with E-state index in [0.717, 1.165) is 0 Å². The van der Waals surface area contributed by atoms with Crippen LogP contribution in [-0.4, -0.2) is 65.0 Å². The van der Waals surface area contributed by atoms with E-state index in [4.69, 9.17) is 9.84 Å². The summed E-state index contributed by atoms with van der Waals surface area (Å²) in [5.41, 5.74) is -0.854. The second-order valence-corrected chi connectivity index (χ2v) is 7.06. The van der Waals surface area contributed by atoms with E-state index < -0.39 is 11.6 Å². The molecule has 0 radical (unpaired) electrons. The van der Waals surface area contributed by atoms with Gasteiger partial charge in [-0.05, 0) is 25.0 Å². The number of ether oxygens (including phenoxy) is 1. The molecule has 1 heterocycles. The molecule has 1 saturated carbocycles. The van der Waals surface area contributed by atoms with E-state index in [1.54, 1.807) is 11.9 Å². The van der Waals surface area contributed by atoms with Gasteiger partial charge in [0.05, 0.1) is 12.5 Å². The van der Waals surface area contributed by atoms with Gasteiger partial charge in [0.2, 0.25) is 5.91 Å². The third-order valence-electron chi connectivity index (χ3n) is 5.07. The van der Waals surface area contributed by atoms with E-state index in [9.17, 15) is 14.4 Å². The zero-order chi connectivity index (χ0) is 18.7. The number of likely N-dealkylation sites (tertiary alicyclic amines) is 1. The summed E-state index contributed by atoms with van der Waals surface area (Å²) in [5, 5.41) is 9.03. The number of aliphatic carboxylic acids is 1. The maximum Gasteiger partial charge on any atom is 0.306 e. The number of benzene rings is 1. The quantitative estimate of drug-likeness (QED) is 0.828. The van der Waals surface area contributed by atoms with Crippen LogP contribution in [0.25, 0.3) is 0 Å². The van der Waals surface area contributed by atoms with Gasteiger partial charge in [-0.15, -0.1) is 0 Å². The highest BCUT2D eigenvalue weighted by Crippen LogP contribution is 2.41. The molecule has 0 spiro atoms. The molecular formula is C19H24N2O5. The van der Waals surface area contributed by atoms with Crippen molar-refractivity contribution in [1.29, 1.82) is 0 Å². The van der Waals surface area contributed by atoms with Crippen LogP contribution >= 0.6 is 0 Å². The van der Waals surface area contributed by atoms with Crippen LogP contribution in [0.4, 0.5) is 0 Å². The van der Waals surface area contributed by atoms with Gasteiger partial charge in [-0.1, -0.05) is 18.2 Å². The fourth-order valence-electron chi connectivity index (χ4n) is 3.29. The number of hydrogen-bond donors (Lipinski definition) is 1. The van der Waals surface area contributed by atoms with Gasteiger partial charge in [0.25, 0.3) is 5.91 Å². The monoisotopic (exact) mass is 360 g/mol. The average Bonchev–Trinajstić information content (AvgIpc) is 3.42. The number of para-hydroxylation sites is 1. The van der Waals surface area contributed by atoms with E-state index in [1.165, 1.54) is 4.90 Å². The first-order valence-electron chi connectivity index (χ1n) is 8.91. The van der Waals surface area contributed by atoms with Crippen LogP contribution in [0, 0.1) is 5.92 Å². The molecule has 3 rings (SSSR count). The fourth-order valence-corrected chi connectivity index (χ4v) is 3.29. The second-order valence-electron chi connectivity index (χ2n) is 7.06. The Morgan fingerprint density at radius 3 is 2.35 bits per heavy atom. The van der Waals surface area contributed by atoms with Gasteiger partial charge in [0.1, 0.15) is 5.75 Å². The third-order valence-corrected chi connectivity index (χ3v) is 5.07. The average molecular weight is 360 g/mol. The Morgan fingerprint density at radius 1 is 1.19 bits per heavy atom. The SMILES string of the molecule is CN(CC(=O)N1CCC(C(=O)O)CC1)C(=O)C1(Oc2ccccc2)CC1. The minimum atomic E-state index is -0.854. The molecule has 1 aliphatic heterocycles. The lowest BCUT2D eigenvalue weighted by Crippen LogP contribution is -2.48. The van der Waals surface area contributed by atoms with Gasteiger partial charge in [-0.3, -0.25) is 14.4 Å². The van der Waals surface area contributed by atoms with Crippen molar-refractivity contribution in [1.82, 2.24) is 9.80 Å². The van der Waals surface area contributed by atoms with Crippen molar-refractivity contribution < 1.29 is 24.2 Å². The summed E-state index contributed by atoms with van der Waals surface area (Å²) in [6.07, 6.45) is 2.20. The molecule has 2 amide bonds. The molecule has 7 nitrogen and oxygen atoms in total. The molecule has 26 heavy (non-hydrogen) atoms. The number of piperidine rings is 1. The Labute approximate surface area is 152 Å². The van der Waals surface area contributed by atoms with Crippen LogP contribution in [-0.2, 0) is 14.4 Å². The van der Waals surface area contributed by atoms with Gasteiger partial charge >= 0.3 is 5.97 Å². The van der Waals surface area contributed by atoms with Crippen molar-refractivity contribution in [3.8, 4) is 5.75 Å². The standard InChI is InChI=1S/C19H24N2O5/c1-20(13-16(22)21-11-7-14(8-12-21)17(23)24)18(25)19(9-10-19)26-15-5-3-2-4-6-15/h2-6,14H,7-13H2,1H3,(H,23,24). The molecule has 140 valence electrons. The minimum absolute atomic E-state index is 0.0174. The first kappa shape index (κ1) is 18.2. The normalized spacial score (nSPS) is 18.9. The predicted molar refractivity (Wildman–Crippen MR) is 93.6 cm³/mol. The molecule has 1 saturated heterocycles. The van der Waals surface area contributed by atoms with Crippen molar-refractivity contribution in [3.05, 3.63) is 30.3 Å². The lowest BCUT2D eigenvalue weighted by molar-refractivity contribution is -0.148. The number of carboxylic acid groups (broad SMARTS) is 1. The van der Waals surface area contributed by atoms with E-state index >= 15 is 0 Å². The highest BCUT2D eigenvalue weighted by molar-refractivity contribution is 5.91. The summed E-state index contributed by atoms with van der Waals surface area (Å²) < 4.78 is 5.88. The Bertz CT molecular complexity index is 678. The zero-order valence-corrected chi connectivity index (χ0v) is 14.9. The Hall–Kier alpha value is -2.57. The summed E-state index contributed by atoms with van der Waals surface area (Å²) >= 11 is 0. The van der Waals surface area contributed by atoms with Crippen LogP contribution in [0.15, 0.2) is 30.3 Å². The van der Waals surface area contributed by atoms with E-state index in [1.807, 2.05) is 30.3 Å². The first-order chi connectivity index (χ1) is 12.4. The molecule has 1 aromatic carbocycles. The number of rotatable bonds is 6. The molecule has 0 atom stereocenters. The maximum atomic E-state index is 12.7. The van der Waals surface area contributed by atoms with Crippen molar-refractivity contribution in [2.24, 2.45) is 5.92 Å². The number of amides is 2. The van der Waals surface area contributed by atoms with E-state index in [-0.39, 0.29) is 24.3 Å². The van der Waals surface area contributed by atoms with Crippen LogP contribution in [0.2, 0.25) is 0 Å². The van der Waals surface area contributed by atoms with Gasteiger partial charge in [-0.25, -0.2) is 0 Å². The molecule has 0 aromatic heterocycles. The largest absolute Gasteiger partial charge is 0.481 e. The Morgan fingerprint density at radius 2 is 1.81 bits per heavy atom. The number of carboxylic acids is 1. The van der Waals surface area contributed by atoms with E-state index in [2.05, 4.69) is 0 Å². The zero-order valence-electron chi connectivity index (χ0n) is 14.9. The summed E-state index contributed by atoms with van der Waals surface area (Å²) in [6.45, 7) is 0.823. The molecule has 7 heteroatoms. The number of nitrogens with zero attached hydrogens (tertiary/aromatic N) is 2. The molecule has 1 aliphatic carbocycles. The van der Waals surface area contributed by atoms with Crippen LogP contribution in [0.5, 0.6) is 5.75 Å². The van der Waals surface area contributed by atoms with E-state index in [0.29, 0.717) is 44.5 Å². The van der Waals surface area contributed by atoms with Gasteiger partial charge in [-0.2, -0.15) is 0 Å². The Kier molecular flexibility index (Phi) is 5.15. The van der Waals surface area contributed by atoms with Gasteiger partial charge in [0, 0.05) is 33.0 Å². The highest BCUT2D eigenvalue weighted by atomic mass is 16.5. The number of carbonyl (C=O) groups is 3. The van der Waals surface area contributed by atoms with Gasteiger partial charge in [0.15, 0.2) is 5.60 Å². The molecule has 0 bridgehead atoms. The fraction of sp³-hybridized carbons (Fsp3) is 0.526. The summed E-state index contributed by atoms with van der Waals surface area (Å²) in [5.74, 6) is -0.880. The number of hydrogen-bond acceptors (Lipinski definition) is 4. The number of carbonyl (C=O) groups excluding carboxylic acids is 2. The molecule has 0 unspecified atom stereocenters.